The third-order valence-corrected chi connectivity index (χ3v) is 3.30. The van der Waals surface area contributed by atoms with Gasteiger partial charge in [0.05, 0.1) is 10.4 Å². The van der Waals surface area contributed by atoms with Crippen molar-refractivity contribution in [1.82, 2.24) is 9.97 Å². The molecular formula is C12H8N2OS. The molecule has 0 aliphatic carbocycles. The van der Waals surface area contributed by atoms with Crippen LogP contribution >= 0.6 is 11.3 Å². The van der Waals surface area contributed by atoms with Gasteiger partial charge in [0.1, 0.15) is 5.75 Å². The summed E-state index contributed by atoms with van der Waals surface area (Å²) in [4.78, 5) is 9.01. The summed E-state index contributed by atoms with van der Waals surface area (Å²) < 4.78 is 0. The van der Waals surface area contributed by atoms with Gasteiger partial charge in [-0.05, 0) is 12.1 Å². The van der Waals surface area contributed by atoms with Crippen LogP contribution < -0.4 is 0 Å². The highest BCUT2D eigenvalue weighted by atomic mass is 32.1. The molecule has 78 valence electrons. The van der Waals surface area contributed by atoms with Crippen LogP contribution in [0.2, 0.25) is 0 Å². The number of hydrogen-bond acceptors (Lipinski definition) is 4. The van der Waals surface area contributed by atoms with Crippen LogP contribution in [0.15, 0.2) is 42.3 Å². The monoisotopic (exact) mass is 228 g/mol. The second-order valence-corrected chi connectivity index (χ2v) is 4.31. The van der Waals surface area contributed by atoms with Crippen LogP contribution in [-0.4, -0.2) is 15.1 Å². The summed E-state index contributed by atoms with van der Waals surface area (Å²) in [5.41, 5.74) is 2.58. The maximum atomic E-state index is 10.2. The zero-order valence-corrected chi connectivity index (χ0v) is 9.11. The van der Waals surface area contributed by atoms with E-state index < -0.39 is 0 Å². The van der Waals surface area contributed by atoms with E-state index in [0.717, 1.165) is 21.2 Å². The predicted octanol–water partition coefficient (Wildman–Crippen LogP) is 3.06. The van der Waals surface area contributed by atoms with Crippen molar-refractivity contribution in [3.05, 3.63) is 42.3 Å². The van der Waals surface area contributed by atoms with Gasteiger partial charge in [0.2, 0.25) is 0 Å². The number of pyridine rings is 1. The van der Waals surface area contributed by atoms with E-state index in [1.54, 1.807) is 24.1 Å². The van der Waals surface area contributed by atoms with Crippen molar-refractivity contribution in [3.8, 4) is 16.2 Å². The summed E-state index contributed by atoms with van der Waals surface area (Å²) in [7, 11) is 0. The van der Waals surface area contributed by atoms with E-state index in [4.69, 9.17) is 0 Å². The Morgan fingerprint density at radius 1 is 1.06 bits per heavy atom. The summed E-state index contributed by atoms with van der Waals surface area (Å²) in [5.74, 6) is 0.296. The normalized spacial score (nSPS) is 10.8. The van der Waals surface area contributed by atoms with Crippen LogP contribution in [0, 0.1) is 0 Å². The maximum Gasteiger partial charge on any atom is 0.132 e. The van der Waals surface area contributed by atoms with Crippen LogP contribution in [0.1, 0.15) is 0 Å². The van der Waals surface area contributed by atoms with Gasteiger partial charge in [-0.15, -0.1) is 11.3 Å². The standard InChI is InChI=1S/C12H8N2OS/c15-12-9-3-4-13-5-8(9)1-2-10(12)11-6-14-7-16-11/h1-7,15H. The highest BCUT2D eigenvalue weighted by molar-refractivity contribution is 7.13. The zero-order chi connectivity index (χ0) is 11.0. The minimum Gasteiger partial charge on any atom is -0.507 e. The van der Waals surface area contributed by atoms with Gasteiger partial charge in [-0.25, -0.2) is 0 Å². The SMILES string of the molecule is Oc1c(-c2cncs2)ccc2cnccc12. The van der Waals surface area contributed by atoms with Crippen molar-refractivity contribution in [3.63, 3.8) is 0 Å². The van der Waals surface area contributed by atoms with Gasteiger partial charge in [0.15, 0.2) is 0 Å². The minimum absolute atomic E-state index is 0.296. The first-order valence-electron chi connectivity index (χ1n) is 4.81. The molecule has 2 aromatic heterocycles. The van der Waals surface area contributed by atoms with Gasteiger partial charge in [-0.3, -0.25) is 9.97 Å². The van der Waals surface area contributed by atoms with Crippen molar-refractivity contribution >= 4 is 22.1 Å². The van der Waals surface area contributed by atoms with E-state index in [9.17, 15) is 5.11 Å². The van der Waals surface area contributed by atoms with Gasteiger partial charge in [0.25, 0.3) is 0 Å². The lowest BCUT2D eigenvalue weighted by Gasteiger charge is -2.05. The third-order valence-electron chi connectivity index (χ3n) is 2.49. The Kier molecular flexibility index (Phi) is 2.08. The Hall–Kier alpha value is -1.94. The molecule has 0 atom stereocenters. The van der Waals surface area contributed by atoms with E-state index in [2.05, 4.69) is 9.97 Å². The molecule has 1 aromatic carbocycles. The van der Waals surface area contributed by atoms with E-state index >= 15 is 0 Å². The molecule has 0 bridgehead atoms. The summed E-state index contributed by atoms with van der Waals surface area (Å²) in [5, 5.41) is 11.9. The first-order chi connectivity index (χ1) is 7.86. The molecule has 3 rings (SSSR count). The molecule has 4 heteroatoms. The quantitative estimate of drug-likeness (QED) is 0.696. The van der Waals surface area contributed by atoms with Gasteiger partial charge in [-0.1, -0.05) is 6.07 Å². The average molecular weight is 228 g/mol. The fraction of sp³-hybridized carbons (Fsp3) is 0. The van der Waals surface area contributed by atoms with E-state index in [1.165, 1.54) is 11.3 Å². The number of hydrogen-bond donors (Lipinski definition) is 1. The second-order valence-electron chi connectivity index (χ2n) is 3.42. The van der Waals surface area contributed by atoms with E-state index in [0.29, 0.717) is 5.75 Å². The fourth-order valence-electron chi connectivity index (χ4n) is 1.70. The summed E-state index contributed by atoms with van der Waals surface area (Å²) in [6.07, 6.45) is 5.18. The Labute approximate surface area is 96.0 Å². The molecule has 0 radical (unpaired) electrons. The summed E-state index contributed by atoms with van der Waals surface area (Å²) in [6.45, 7) is 0. The lowest BCUT2D eigenvalue weighted by Crippen LogP contribution is -1.80. The second kappa shape index (κ2) is 3.57. The Bertz CT molecular complexity index is 635. The van der Waals surface area contributed by atoms with Crippen LogP contribution in [0.25, 0.3) is 21.2 Å². The molecule has 1 N–H and O–H groups in total. The van der Waals surface area contributed by atoms with E-state index in [1.807, 2.05) is 18.2 Å². The topological polar surface area (TPSA) is 46.0 Å². The molecule has 0 aliphatic rings. The van der Waals surface area contributed by atoms with Gasteiger partial charge >= 0.3 is 0 Å². The molecule has 0 fully saturated rings. The van der Waals surface area contributed by atoms with Crippen molar-refractivity contribution < 1.29 is 5.11 Å². The molecule has 3 nitrogen and oxygen atoms in total. The Balaban J connectivity index is 2.32. The van der Waals surface area contributed by atoms with Crippen molar-refractivity contribution in [1.29, 1.82) is 0 Å². The lowest BCUT2D eigenvalue weighted by molar-refractivity contribution is 0.483. The number of aromatic hydroxyl groups is 1. The minimum atomic E-state index is 0.296. The molecule has 16 heavy (non-hydrogen) atoms. The molecule has 3 aromatic rings. The Morgan fingerprint density at radius 2 is 2.00 bits per heavy atom. The first-order valence-corrected chi connectivity index (χ1v) is 5.69. The molecular weight excluding hydrogens is 220 g/mol. The maximum absolute atomic E-state index is 10.2. The lowest BCUT2D eigenvalue weighted by atomic mass is 10.1. The number of phenolic OH excluding ortho intramolecular Hbond substituents is 1. The van der Waals surface area contributed by atoms with E-state index in [-0.39, 0.29) is 0 Å². The van der Waals surface area contributed by atoms with Gasteiger partial charge < -0.3 is 5.11 Å². The summed E-state index contributed by atoms with van der Waals surface area (Å²) in [6, 6.07) is 5.67. The van der Waals surface area contributed by atoms with Gasteiger partial charge in [0, 0.05) is 34.9 Å². The highest BCUT2D eigenvalue weighted by Crippen LogP contribution is 2.36. The number of aromatic nitrogens is 2. The first kappa shape index (κ1) is 9.30. The number of fused-ring (bicyclic) bond motifs is 1. The van der Waals surface area contributed by atoms with Crippen LogP contribution in [0.4, 0.5) is 0 Å². The molecule has 2 heterocycles. The molecule has 0 saturated carbocycles. The van der Waals surface area contributed by atoms with Crippen molar-refractivity contribution in [2.45, 2.75) is 0 Å². The predicted molar refractivity (Wildman–Crippen MR) is 64.5 cm³/mol. The molecule has 0 saturated heterocycles. The highest BCUT2D eigenvalue weighted by Gasteiger charge is 2.09. The van der Waals surface area contributed by atoms with Crippen molar-refractivity contribution in [2.24, 2.45) is 0 Å². The number of thiazole rings is 1. The number of benzene rings is 1. The fourth-order valence-corrected chi connectivity index (χ4v) is 2.35. The van der Waals surface area contributed by atoms with Crippen LogP contribution in [-0.2, 0) is 0 Å². The van der Waals surface area contributed by atoms with Crippen molar-refractivity contribution in [2.75, 3.05) is 0 Å². The summed E-state index contributed by atoms with van der Waals surface area (Å²) >= 11 is 1.51. The third kappa shape index (κ3) is 1.35. The molecule has 0 aliphatic heterocycles. The number of rotatable bonds is 1. The zero-order valence-electron chi connectivity index (χ0n) is 8.29. The average Bonchev–Trinajstić information content (AvgIpc) is 2.83. The van der Waals surface area contributed by atoms with Crippen LogP contribution in [0.5, 0.6) is 5.75 Å². The number of nitrogens with zero attached hydrogens (tertiary/aromatic N) is 2. The van der Waals surface area contributed by atoms with Gasteiger partial charge in [-0.2, -0.15) is 0 Å². The Morgan fingerprint density at radius 3 is 2.81 bits per heavy atom. The van der Waals surface area contributed by atoms with Crippen LogP contribution in [0.3, 0.4) is 0 Å². The smallest absolute Gasteiger partial charge is 0.132 e. The number of phenols is 1. The molecule has 0 unspecified atom stereocenters. The largest absolute Gasteiger partial charge is 0.507 e. The molecule has 0 amide bonds. The molecule has 0 spiro atoms.